The second-order valence-corrected chi connectivity index (χ2v) is 8.90. The average molecular weight is 327 g/mol. The van der Waals surface area contributed by atoms with E-state index >= 15 is 0 Å². The third-order valence-electron chi connectivity index (χ3n) is 6.85. The van der Waals surface area contributed by atoms with Crippen LogP contribution in [0.5, 0.6) is 0 Å². The van der Waals surface area contributed by atoms with Gasteiger partial charge in [-0.05, 0) is 32.6 Å². The standard InChI is InChI=1S/C19H38N2O2/c1-17(15-20(2)11-13-22-14-12-20)23-16-18-7-6-10-21(3)9-5-4-8-19(18)21/h17-19H,4-16H2,1-3H3/q+2. The summed E-state index contributed by atoms with van der Waals surface area (Å²) >= 11 is 0. The van der Waals surface area contributed by atoms with Crippen molar-refractivity contribution in [3.8, 4) is 0 Å². The van der Waals surface area contributed by atoms with Crippen molar-refractivity contribution in [2.24, 2.45) is 5.92 Å². The Morgan fingerprint density at radius 1 is 1.00 bits per heavy atom. The maximum absolute atomic E-state index is 6.38. The number of ether oxygens (including phenoxy) is 2. The Kier molecular flexibility index (Phi) is 5.67. The highest BCUT2D eigenvalue weighted by molar-refractivity contribution is 4.79. The number of piperidine rings is 2. The van der Waals surface area contributed by atoms with Crippen LogP contribution in [-0.2, 0) is 9.47 Å². The maximum Gasteiger partial charge on any atom is 0.105 e. The average Bonchev–Trinajstić information content (AvgIpc) is 2.52. The lowest BCUT2D eigenvalue weighted by Gasteiger charge is -2.51. The maximum atomic E-state index is 6.38. The third-order valence-corrected chi connectivity index (χ3v) is 6.85. The first-order chi connectivity index (χ1) is 11.0. The summed E-state index contributed by atoms with van der Waals surface area (Å²) in [6.45, 7) is 11.3. The molecule has 0 aromatic rings. The lowest BCUT2D eigenvalue weighted by Crippen LogP contribution is -2.61. The van der Waals surface area contributed by atoms with Gasteiger partial charge >= 0.3 is 0 Å². The van der Waals surface area contributed by atoms with Crippen LogP contribution in [0.4, 0.5) is 0 Å². The first-order valence-electron chi connectivity index (χ1n) is 9.88. The van der Waals surface area contributed by atoms with Gasteiger partial charge in [-0.1, -0.05) is 0 Å². The van der Waals surface area contributed by atoms with E-state index in [9.17, 15) is 0 Å². The highest BCUT2D eigenvalue weighted by Crippen LogP contribution is 2.36. The smallest absolute Gasteiger partial charge is 0.105 e. The molecule has 0 spiro atoms. The van der Waals surface area contributed by atoms with Gasteiger partial charge in [0.25, 0.3) is 0 Å². The molecule has 3 saturated heterocycles. The van der Waals surface area contributed by atoms with Crippen LogP contribution in [0, 0.1) is 5.92 Å². The van der Waals surface area contributed by atoms with E-state index in [4.69, 9.17) is 9.47 Å². The van der Waals surface area contributed by atoms with Crippen molar-refractivity contribution in [1.29, 1.82) is 0 Å². The monoisotopic (exact) mass is 326 g/mol. The molecule has 4 unspecified atom stereocenters. The van der Waals surface area contributed by atoms with E-state index in [2.05, 4.69) is 21.0 Å². The number of morpholine rings is 1. The van der Waals surface area contributed by atoms with Crippen molar-refractivity contribution in [2.45, 2.75) is 51.2 Å². The second kappa shape index (κ2) is 7.38. The van der Waals surface area contributed by atoms with Gasteiger partial charge in [0, 0.05) is 12.3 Å². The van der Waals surface area contributed by atoms with Crippen molar-refractivity contribution in [1.82, 2.24) is 0 Å². The summed E-state index contributed by atoms with van der Waals surface area (Å²) in [6.07, 6.45) is 7.41. The number of hydrogen-bond acceptors (Lipinski definition) is 2. The largest absolute Gasteiger partial charge is 0.372 e. The molecule has 0 amide bonds. The zero-order valence-corrected chi connectivity index (χ0v) is 15.6. The first-order valence-corrected chi connectivity index (χ1v) is 9.88. The van der Waals surface area contributed by atoms with Gasteiger partial charge in [0.1, 0.15) is 25.7 Å². The minimum Gasteiger partial charge on any atom is -0.372 e. The van der Waals surface area contributed by atoms with Crippen LogP contribution >= 0.6 is 0 Å². The summed E-state index contributed by atoms with van der Waals surface area (Å²) in [4.78, 5) is 0. The summed E-state index contributed by atoms with van der Waals surface area (Å²) < 4.78 is 14.3. The Labute approximate surface area is 142 Å². The van der Waals surface area contributed by atoms with Crippen LogP contribution in [-0.4, -0.2) is 87.8 Å². The molecule has 4 heteroatoms. The Balaban J connectivity index is 1.49. The number of rotatable bonds is 5. The molecule has 4 nitrogen and oxygen atoms in total. The van der Waals surface area contributed by atoms with Gasteiger partial charge in [0.2, 0.25) is 0 Å². The third kappa shape index (κ3) is 4.28. The Bertz CT molecular complexity index is 380. The minimum atomic E-state index is 0.363. The van der Waals surface area contributed by atoms with Gasteiger partial charge in [-0.25, -0.2) is 0 Å². The molecule has 0 bridgehead atoms. The van der Waals surface area contributed by atoms with Crippen LogP contribution < -0.4 is 0 Å². The molecule has 0 N–H and O–H groups in total. The van der Waals surface area contributed by atoms with Gasteiger partial charge in [-0.2, -0.15) is 0 Å². The van der Waals surface area contributed by atoms with Crippen molar-refractivity contribution < 1.29 is 18.4 Å². The topological polar surface area (TPSA) is 18.5 Å². The number of nitrogens with zero attached hydrogens (tertiary/aromatic N) is 2. The number of fused-ring (bicyclic) bond motifs is 1. The summed E-state index contributed by atoms with van der Waals surface area (Å²) in [5.74, 6) is 0.784. The highest BCUT2D eigenvalue weighted by atomic mass is 16.5. The molecule has 134 valence electrons. The molecule has 3 rings (SSSR count). The van der Waals surface area contributed by atoms with Crippen molar-refractivity contribution in [2.75, 3.05) is 66.6 Å². The van der Waals surface area contributed by atoms with E-state index in [1.807, 2.05) is 0 Å². The van der Waals surface area contributed by atoms with E-state index in [0.29, 0.717) is 6.10 Å². The van der Waals surface area contributed by atoms with Crippen molar-refractivity contribution in [3.63, 3.8) is 0 Å². The summed E-state index contributed by atoms with van der Waals surface area (Å²) in [6, 6.07) is 0.859. The predicted molar refractivity (Wildman–Crippen MR) is 93.3 cm³/mol. The molecular formula is C19H38N2O2+2. The number of hydrogen-bond donors (Lipinski definition) is 0. The van der Waals surface area contributed by atoms with Gasteiger partial charge in [-0.15, -0.1) is 0 Å². The van der Waals surface area contributed by atoms with E-state index in [1.54, 1.807) is 0 Å². The summed E-state index contributed by atoms with van der Waals surface area (Å²) in [5, 5.41) is 0. The molecule has 4 atom stereocenters. The van der Waals surface area contributed by atoms with E-state index in [-0.39, 0.29) is 0 Å². The van der Waals surface area contributed by atoms with Gasteiger partial charge in [0.05, 0.1) is 53.0 Å². The molecule has 23 heavy (non-hydrogen) atoms. The van der Waals surface area contributed by atoms with Gasteiger partial charge < -0.3 is 18.4 Å². The van der Waals surface area contributed by atoms with E-state index < -0.39 is 0 Å². The summed E-state index contributed by atoms with van der Waals surface area (Å²) in [7, 11) is 4.86. The van der Waals surface area contributed by atoms with Crippen LogP contribution in [0.1, 0.15) is 39.0 Å². The van der Waals surface area contributed by atoms with Crippen LogP contribution in [0.25, 0.3) is 0 Å². The zero-order valence-electron chi connectivity index (χ0n) is 15.6. The predicted octanol–water partition coefficient (Wildman–Crippen LogP) is 2.28. The van der Waals surface area contributed by atoms with E-state index in [0.717, 1.165) is 55.9 Å². The van der Waals surface area contributed by atoms with Crippen molar-refractivity contribution in [3.05, 3.63) is 0 Å². The van der Waals surface area contributed by atoms with Gasteiger partial charge in [0.15, 0.2) is 0 Å². The van der Waals surface area contributed by atoms with Crippen LogP contribution in [0.15, 0.2) is 0 Å². The number of quaternary nitrogens is 2. The fourth-order valence-corrected chi connectivity index (χ4v) is 5.36. The fraction of sp³-hybridized carbons (Fsp3) is 1.00. The quantitative estimate of drug-likeness (QED) is 0.722. The normalized spacial score (nSPS) is 38.7. The molecule has 3 heterocycles. The molecule has 3 aliphatic heterocycles. The SMILES string of the molecule is CC(C[N+]1(C)CCOCC1)OCC1CCC[N+]2(C)CCCCC12. The van der Waals surface area contributed by atoms with E-state index in [1.165, 1.54) is 49.7 Å². The Morgan fingerprint density at radius 3 is 2.52 bits per heavy atom. The molecule has 0 aromatic heterocycles. The number of likely N-dealkylation sites (N-methyl/N-ethyl adjacent to an activating group) is 1. The molecule has 0 aliphatic carbocycles. The highest BCUT2D eigenvalue weighted by Gasteiger charge is 2.43. The van der Waals surface area contributed by atoms with Crippen LogP contribution in [0.2, 0.25) is 0 Å². The molecule has 0 saturated carbocycles. The summed E-state index contributed by atoms with van der Waals surface area (Å²) in [5.41, 5.74) is 0. The lowest BCUT2D eigenvalue weighted by molar-refractivity contribution is -0.947. The molecular weight excluding hydrogens is 288 g/mol. The lowest BCUT2D eigenvalue weighted by atomic mass is 9.82. The van der Waals surface area contributed by atoms with Gasteiger partial charge in [-0.3, -0.25) is 0 Å². The minimum absolute atomic E-state index is 0.363. The molecule has 3 fully saturated rings. The first kappa shape index (κ1) is 17.7. The fourth-order valence-electron chi connectivity index (χ4n) is 5.36. The second-order valence-electron chi connectivity index (χ2n) is 8.90. The molecule has 0 aromatic carbocycles. The van der Waals surface area contributed by atoms with Crippen LogP contribution in [0.3, 0.4) is 0 Å². The zero-order chi connectivity index (χ0) is 16.3. The molecule has 3 aliphatic rings. The molecule has 0 radical (unpaired) electrons. The Morgan fingerprint density at radius 2 is 1.74 bits per heavy atom. The van der Waals surface area contributed by atoms with Crippen molar-refractivity contribution >= 4 is 0 Å². The Hall–Kier alpha value is -0.160.